The summed E-state index contributed by atoms with van der Waals surface area (Å²) in [6.45, 7) is 3.51. The lowest BCUT2D eigenvalue weighted by Gasteiger charge is -2.40. The van der Waals surface area contributed by atoms with E-state index in [1.54, 1.807) is 0 Å². The number of hydrogen-bond acceptors (Lipinski definition) is 3. The van der Waals surface area contributed by atoms with Gasteiger partial charge in [0.2, 0.25) is 0 Å². The van der Waals surface area contributed by atoms with Gasteiger partial charge in [-0.15, -0.1) is 0 Å². The van der Waals surface area contributed by atoms with Gasteiger partial charge in [0.15, 0.2) is 0 Å². The first-order valence-electron chi connectivity index (χ1n) is 4.67. The van der Waals surface area contributed by atoms with E-state index in [-0.39, 0.29) is 0 Å². The fourth-order valence-corrected chi connectivity index (χ4v) is 1.83. The minimum atomic E-state index is -0.818. The Balaban J connectivity index is 2.53. The largest absolute Gasteiger partial charge is 0.389 e. The highest BCUT2D eigenvalue weighted by Crippen LogP contribution is 2.26. The van der Waals surface area contributed by atoms with Crippen molar-refractivity contribution >= 4 is 0 Å². The maximum Gasteiger partial charge on any atom is 0.0953 e. The second kappa shape index (κ2) is 3.73. The summed E-state index contributed by atoms with van der Waals surface area (Å²) in [7, 11) is 1.97. The molecule has 0 aliphatic carbocycles. The molecule has 0 radical (unpaired) electrons. The number of nitrogens with zero attached hydrogens (tertiary/aromatic N) is 1. The van der Waals surface area contributed by atoms with Crippen LogP contribution in [0.25, 0.3) is 0 Å². The van der Waals surface area contributed by atoms with Crippen LogP contribution in [0, 0.1) is 0 Å². The summed E-state index contributed by atoms with van der Waals surface area (Å²) >= 11 is 0. The maximum absolute atomic E-state index is 9.98. The van der Waals surface area contributed by atoms with Crippen molar-refractivity contribution in [1.82, 2.24) is 4.90 Å². The van der Waals surface area contributed by atoms with Crippen LogP contribution < -0.4 is 0 Å². The summed E-state index contributed by atoms with van der Waals surface area (Å²) in [5, 5.41) is 19.6. The predicted octanol–water partition coefficient (Wildman–Crippen LogP) is 0.214. The van der Waals surface area contributed by atoms with Gasteiger partial charge in [0.05, 0.1) is 11.7 Å². The van der Waals surface area contributed by atoms with Crippen LogP contribution in [0.4, 0.5) is 0 Å². The Morgan fingerprint density at radius 2 is 2.25 bits per heavy atom. The molecule has 3 nitrogen and oxygen atoms in total. The second-order valence-electron chi connectivity index (χ2n) is 3.88. The number of β-amino-alcohol motifs (C(OH)–C–C–N with tert-alkyl or cyclic N) is 1. The van der Waals surface area contributed by atoms with Crippen molar-refractivity contribution in [3.63, 3.8) is 0 Å². The molecule has 0 bridgehead atoms. The van der Waals surface area contributed by atoms with E-state index in [0.717, 1.165) is 13.0 Å². The van der Waals surface area contributed by atoms with Gasteiger partial charge in [-0.05, 0) is 19.9 Å². The fourth-order valence-electron chi connectivity index (χ4n) is 1.83. The molecule has 0 aromatic carbocycles. The molecule has 0 amide bonds. The number of aliphatic hydroxyl groups excluding tert-OH is 1. The summed E-state index contributed by atoms with van der Waals surface area (Å²) in [6.07, 6.45) is 1.76. The average molecular weight is 173 g/mol. The van der Waals surface area contributed by atoms with Gasteiger partial charge < -0.3 is 15.1 Å². The van der Waals surface area contributed by atoms with E-state index in [1.807, 2.05) is 14.0 Å². The van der Waals surface area contributed by atoms with Crippen LogP contribution >= 0.6 is 0 Å². The zero-order valence-corrected chi connectivity index (χ0v) is 7.95. The van der Waals surface area contributed by atoms with Crippen molar-refractivity contribution < 1.29 is 10.2 Å². The molecule has 2 atom stereocenters. The van der Waals surface area contributed by atoms with Crippen LogP contribution in [0.1, 0.15) is 26.2 Å². The standard InChI is InChI=1S/C9H19NO2/c1-3-4-9(12)5-6-10(2)7-8(9)11/h8,11-12H,3-7H2,1-2H3/t8-,9+/m1/s1. The molecule has 1 saturated heterocycles. The van der Waals surface area contributed by atoms with Gasteiger partial charge in [0, 0.05) is 13.1 Å². The molecule has 0 aromatic heterocycles. The molecule has 12 heavy (non-hydrogen) atoms. The molecule has 1 aliphatic heterocycles. The van der Waals surface area contributed by atoms with Crippen LogP contribution in [0.3, 0.4) is 0 Å². The van der Waals surface area contributed by atoms with Gasteiger partial charge in [-0.3, -0.25) is 0 Å². The summed E-state index contributed by atoms with van der Waals surface area (Å²) < 4.78 is 0. The first-order chi connectivity index (χ1) is 5.58. The minimum Gasteiger partial charge on any atom is -0.389 e. The molecule has 0 saturated carbocycles. The number of piperidine rings is 1. The molecule has 72 valence electrons. The highest BCUT2D eigenvalue weighted by molar-refractivity contribution is 4.92. The summed E-state index contributed by atoms with van der Waals surface area (Å²) in [4.78, 5) is 2.05. The smallest absolute Gasteiger partial charge is 0.0953 e. The van der Waals surface area contributed by atoms with Gasteiger partial charge in [0.1, 0.15) is 0 Å². The van der Waals surface area contributed by atoms with E-state index in [9.17, 15) is 10.2 Å². The number of aliphatic hydroxyl groups is 2. The topological polar surface area (TPSA) is 43.7 Å². The Morgan fingerprint density at radius 1 is 1.58 bits per heavy atom. The Kier molecular flexibility index (Phi) is 3.09. The summed E-state index contributed by atoms with van der Waals surface area (Å²) in [6, 6.07) is 0. The number of likely N-dealkylation sites (N-methyl/N-ethyl adjacent to an activating group) is 1. The third kappa shape index (κ3) is 1.97. The van der Waals surface area contributed by atoms with E-state index >= 15 is 0 Å². The number of rotatable bonds is 2. The fraction of sp³-hybridized carbons (Fsp3) is 1.00. The van der Waals surface area contributed by atoms with Crippen molar-refractivity contribution in [3.05, 3.63) is 0 Å². The van der Waals surface area contributed by atoms with Gasteiger partial charge in [-0.1, -0.05) is 13.3 Å². The first kappa shape index (κ1) is 9.96. The van der Waals surface area contributed by atoms with Crippen LogP contribution in [-0.4, -0.2) is 47.0 Å². The molecule has 1 rings (SSSR count). The Bertz CT molecular complexity index is 151. The predicted molar refractivity (Wildman–Crippen MR) is 48.0 cm³/mol. The van der Waals surface area contributed by atoms with Crippen LogP contribution in [0.2, 0.25) is 0 Å². The van der Waals surface area contributed by atoms with Gasteiger partial charge in [-0.2, -0.15) is 0 Å². The lowest BCUT2D eigenvalue weighted by molar-refractivity contribution is -0.119. The van der Waals surface area contributed by atoms with Crippen LogP contribution in [0.5, 0.6) is 0 Å². The SMILES string of the molecule is CCC[C@]1(O)CCN(C)C[C@H]1O. The molecular formula is C9H19NO2. The number of likely N-dealkylation sites (tertiary alicyclic amines) is 1. The summed E-state index contributed by atoms with van der Waals surface area (Å²) in [5.41, 5.74) is -0.818. The molecular weight excluding hydrogens is 154 g/mol. The highest BCUT2D eigenvalue weighted by atomic mass is 16.3. The highest BCUT2D eigenvalue weighted by Gasteiger charge is 2.38. The molecule has 1 aliphatic rings. The lowest BCUT2D eigenvalue weighted by atomic mass is 9.85. The van der Waals surface area contributed by atoms with E-state index in [0.29, 0.717) is 19.4 Å². The van der Waals surface area contributed by atoms with Gasteiger partial charge in [-0.25, -0.2) is 0 Å². The molecule has 0 unspecified atom stereocenters. The number of hydrogen-bond donors (Lipinski definition) is 2. The summed E-state index contributed by atoms with van der Waals surface area (Å²) in [5.74, 6) is 0. The van der Waals surface area contributed by atoms with Gasteiger partial charge in [0.25, 0.3) is 0 Å². The maximum atomic E-state index is 9.98. The van der Waals surface area contributed by atoms with E-state index in [4.69, 9.17) is 0 Å². The van der Waals surface area contributed by atoms with Crippen molar-refractivity contribution in [2.75, 3.05) is 20.1 Å². The van der Waals surface area contributed by atoms with E-state index < -0.39 is 11.7 Å². The Morgan fingerprint density at radius 3 is 2.75 bits per heavy atom. The van der Waals surface area contributed by atoms with Crippen molar-refractivity contribution in [2.45, 2.75) is 37.9 Å². The molecule has 0 aromatic rings. The quantitative estimate of drug-likeness (QED) is 0.627. The van der Waals surface area contributed by atoms with Crippen LogP contribution in [0.15, 0.2) is 0 Å². The third-order valence-corrected chi connectivity index (χ3v) is 2.71. The molecule has 1 fully saturated rings. The second-order valence-corrected chi connectivity index (χ2v) is 3.88. The van der Waals surface area contributed by atoms with Gasteiger partial charge >= 0.3 is 0 Å². The minimum absolute atomic E-state index is 0.573. The third-order valence-electron chi connectivity index (χ3n) is 2.71. The van der Waals surface area contributed by atoms with Crippen molar-refractivity contribution in [2.24, 2.45) is 0 Å². The molecule has 2 N–H and O–H groups in total. The van der Waals surface area contributed by atoms with E-state index in [1.165, 1.54) is 0 Å². The first-order valence-corrected chi connectivity index (χ1v) is 4.67. The normalized spacial score (nSPS) is 38.5. The molecule has 0 spiro atoms. The zero-order valence-electron chi connectivity index (χ0n) is 7.95. The van der Waals surface area contributed by atoms with Crippen molar-refractivity contribution in [1.29, 1.82) is 0 Å². The van der Waals surface area contributed by atoms with E-state index in [2.05, 4.69) is 4.90 Å². The molecule has 3 heteroatoms. The Hall–Kier alpha value is -0.120. The lowest BCUT2D eigenvalue weighted by Crippen LogP contribution is -2.54. The Labute approximate surface area is 74.0 Å². The molecule has 1 heterocycles. The van der Waals surface area contributed by atoms with Crippen molar-refractivity contribution in [3.8, 4) is 0 Å². The monoisotopic (exact) mass is 173 g/mol. The average Bonchev–Trinajstić information content (AvgIpc) is 1.99. The zero-order chi connectivity index (χ0) is 9.19. The van der Waals surface area contributed by atoms with Crippen LogP contribution in [-0.2, 0) is 0 Å².